The average Bonchev–Trinajstić information content (AvgIpc) is 2.65. The molecule has 2 aromatic heterocycles. The molecule has 3 rings (SSSR count). The molecule has 3 aromatic rings. The van der Waals surface area contributed by atoms with Gasteiger partial charge in [-0.15, -0.1) is 13.2 Å². The molecule has 0 aliphatic carbocycles. The topological polar surface area (TPSA) is 69.0 Å². The van der Waals surface area contributed by atoms with Gasteiger partial charge in [-0.3, -0.25) is 9.36 Å². The zero-order valence-corrected chi connectivity index (χ0v) is 15.3. The normalized spacial score (nSPS) is 11.8. The van der Waals surface area contributed by atoms with Gasteiger partial charge < -0.3 is 10.1 Å². The number of ether oxygens (including phenoxy) is 1. The van der Waals surface area contributed by atoms with Crippen molar-refractivity contribution in [2.75, 3.05) is 5.32 Å². The first-order valence-electron chi connectivity index (χ1n) is 8.82. The van der Waals surface area contributed by atoms with Crippen LogP contribution in [0.2, 0.25) is 0 Å². The van der Waals surface area contributed by atoms with Crippen LogP contribution in [-0.2, 0) is 0 Å². The number of anilines is 2. The zero-order chi connectivity index (χ0) is 20.3. The molecule has 0 spiro atoms. The number of aromatic nitrogens is 3. The van der Waals surface area contributed by atoms with Crippen molar-refractivity contribution in [2.45, 2.75) is 39.1 Å². The van der Waals surface area contributed by atoms with E-state index in [1.54, 1.807) is 16.8 Å². The fourth-order valence-electron chi connectivity index (χ4n) is 2.97. The summed E-state index contributed by atoms with van der Waals surface area (Å²) >= 11 is 0. The Morgan fingerprint density at radius 3 is 2.39 bits per heavy atom. The summed E-state index contributed by atoms with van der Waals surface area (Å²) < 4.78 is 42.2. The highest BCUT2D eigenvalue weighted by Crippen LogP contribution is 2.25. The highest BCUT2D eigenvalue weighted by Gasteiger charge is 2.30. The van der Waals surface area contributed by atoms with Crippen LogP contribution in [0, 0.1) is 0 Å². The number of benzene rings is 1. The summed E-state index contributed by atoms with van der Waals surface area (Å²) in [4.78, 5) is 21.1. The SMILES string of the molecule is CCC(CC)n1c(=O)ccc2cnc(Nc3ccc(OC(F)(F)F)cc3)nc21. The molecule has 0 radical (unpaired) electrons. The largest absolute Gasteiger partial charge is 0.573 e. The Morgan fingerprint density at radius 1 is 1.11 bits per heavy atom. The van der Waals surface area contributed by atoms with E-state index in [1.807, 2.05) is 13.8 Å². The number of hydrogen-bond acceptors (Lipinski definition) is 5. The Labute approximate surface area is 159 Å². The minimum Gasteiger partial charge on any atom is -0.406 e. The van der Waals surface area contributed by atoms with Gasteiger partial charge in [0.05, 0.1) is 0 Å². The minimum atomic E-state index is -4.74. The smallest absolute Gasteiger partial charge is 0.406 e. The van der Waals surface area contributed by atoms with E-state index in [4.69, 9.17) is 0 Å². The Hall–Kier alpha value is -3.10. The molecule has 0 saturated carbocycles. The molecule has 0 aliphatic rings. The van der Waals surface area contributed by atoms with Crippen molar-refractivity contribution in [3.63, 3.8) is 0 Å². The average molecular weight is 392 g/mol. The number of halogens is 3. The van der Waals surface area contributed by atoms with Gasteiger partial charge in [0, 0.05) is 29.4 Å². The molecule has 28 heavy (non-hydrogen) atoms. The molecule has 1 N–H and O–H groups in total. The molecule has 0 unspecified atom stereocenters. The second-order valence-electron chi connectivity index (χ2n) is 6.18. The lowest BCUT2D eigenvalue weighted by molar-refractivity contribution is -0.274. The van der Waals surface area contributed by atoms with E-state index in [0.717, 1.165) is 18.2 Å². The van der Waals surface area contributed by atoms with Crippen LogP contribution in [0.25, 0.3) is 11.0 Å². The summed E-state index contributed by atoms with van der Waals surface area (Å²) in [5.74, 6) is -0.0812. The van der Waals surface area contributed by atoms with Crippen molar-refractivity contribution in [3.05, 3.63) is 52.9 Å². The second-order valence-corrected chi connectivity index (χ2v) is 6.18. The Bertz CT molecular complexity index is 1010. The standard InChI is InChI=1S/C19H19F3N4O2/c1-3-14(4-2)26-16(27)10-5-12-11-23-18(25-17(12)26)24-13-6-8-15(9-7-13)28-19(20,21)22/h5-11,14H,3-4H2,1-2H3,(H,23,24,25). The number of hydrogen-bond donors (Lipinski definition) is 1. The van der Waals surface area contributed by atoms with Crippen molar-refractivity contribution < 1.29 is 17.9 Å². The van der Waals surface area contributed by atoms with E-state index in [-0.39, 0.29) is 23.3 Å². The number of nitrogens with one attached hydrogen (secondary N) is 1. The van der Waals surface area contributed by atoms with E-state index in [9.17, 15) is 18.0 Å². The maximum absolute atomic E-state index is 12.4. The van der Waals surface area contributed by atoms with E-state index in [2.05, 4.69) is 20.0 Å². The van der Waals surface area contributed by atoms with Gasteiger partial charge in [-0.2, -0.15) is 4.98 Å². The zero-order valence-electron chi connectivity index (χ0n) is 15.3. The molecule has 0 saturated heterocycles. The fraction of sp³-hybridized carbons (Fsp3) is 0.316. The predicted octanol–water partition coefficient (Wildman–Crippen LogP) is 4.79. The van der Waals surface area contributed by atoms with Crippen molar-refractivity contribution in [3.8, 4) is 5.75 Å². The lowest BCUT2D eigenvalue weighted by atomic mass is 10.1. The number of nitrogens with zero attached hydrogens (tertiary/aromatic N) is 3. The molecular weight excluding hydrogens is 373 g/mol. The van der Waals surface area contributed by atoms with Crippen LogP contribution in [0.5, 0.6) is 5.75 Å². The molecule has 148 valence electrons. The number of alkyl halides is 3. The number of fused-ring (bicyclic) bond motifs is 1. The third-order valence-corrected chi connectivity index (χ3v) is 4.32. The fourth-order valence-corrected chi connectivity index (χ4v) is 2.97. The van der Waals surface area contributed by atoms with Crippen molar-refractivity contribution in [2.24, 2.45) is 0 Å². The molecular formula is C19H19F3N4O2. The summed E-state index contributed by atoms with van der Waals surface area (Å²) in [6, 6.07) is 8.41. The van der Waals surface area contributed by atoms with Gasteiger partial charge in [-0.05, 0) is 43.2 Å². The summed E-state index contributed by atoms with van der Waals surface area (Å²) in [5, 5.41) is 3.66. The van der Waals surface area contributed by atoms with Crippen molar-refractivity contribution >= 4 is 22.7 Å². The van der Waals surface area contributed by atoms with Crippen LogP contribution < -0.4 is 15.6 Å². The summed E-state index contributed by atoms with van der Waals surface area (Å²) in [6.45, 7) is 4.01. The van der Waals surface area contributed by atoms with Crippen LogP contribution in [-0.4, -0.2) is 20.9 Å². The maximum Gasteiger partial charge on any atom is 0.573 e. The lowest BCUT2D eigenvalue weighted by Crippen LogP contribution is -2.24. The predicted molar refractivity (Wildman–Crippen MR) is 99.8 cm³/mol. The van der Waals surface area contributed by atoms with Gasteiger partial charge in [0.1, 0.15) is 11.4 Å². The maximum atomic E-state index is 12.4. The minimum absolute atomic E-state index is 0.0118. The molecule has 0 fully saturated rings. The van der Waals surface area contributed by atoms with Crippen LogP contribution in [0.3, 0.4) is 0 Å². The quantitative estimate of drug-likeness (QED) is 0.653. The van der Waals surface area contributed by atoms with Crippen LogP contribution >= 0.6 is 0 Å². The van der Waals surface area contributed by atoms with Crippen molar-refractivity contribution in [1.29, 1.82) is 0 Å². The van der Waals surface area contributed by atoms with Gasteiger partial charge in [-0.1, -0.05) is 13.8 Å². The molecule has 9 heteroatoms. The van der Waals surface area contributed by atoms with Crippen molar-refractivity contribution in [1.82, 2.24) is 14.5 Å². The molecule has 0 atom stereocenters. The third kappa shape index (κ3) is 4.41. The third-order valence-electron chi connectivity index (χ3n) is 4.32. The Morgan fingerprint density at radius 2 is 1.79 bits per heavy atom. The highest BCUT2D eigenvalue weighted by molar-refractivity contribution is 5.75. The van der Waals surface area contributed by atoms with Gasteiger partial charge >= 0.3 is 6.36 Å². The summed E-state index contributed by atoms with van der Waals surface area (Å²) in [5.41, 5.74) is 0.858. The van der Waals surface area contributed by atoms with Gasteiger partial charge in [0.15, 0.2) is 0 Å². The van der Waals surface area contributed by atoms with Crippen LogP contribution in [0.1, 0.15) is 32.7 Å². The first-order valence-corrected chi connectivity index (χ1v) is 8.82. The van der Waals surface area contributed by atoms with Crippen LogP contribution in [0.15, 0.2) is 47.4 Å². The summed E-state index contributed by atoms with van der Waals surface area (Å²) in [7, 11) is 0. The summed E-state index contributed by atoms with van der Waals surface area (Å²) in [6.07, 6.45) is -1.58. The van der Waals surface area contributed by atoms with E-state index < -0.39 is 6.36 Å². The Balaban J connectivity index is 1.92. The number of rotatable bonds is 6. The first-order chi connectivity index (χ1) is 13.3. The van der Waals surface area contributed by atoms with E-state index in [0.29, 0.717) is 11.3 Å². The lowest BCUT2D eigenvalue weighted by Gasteiger charge is -2.18. The van der Waals surface area contributed by atoms with Gasteiger partial charge in [0.25, 0.3) is 5.56 Å². The molecule has 0 amide bonds. The number of pyridine rings is 1. The highest BCUT2D eigenvalue weighted by atomic mass is 19.4. The molecule has 0 aliphatic heterocycles. The molecule has 0 bridgehead atoms. The Kier molecular flexibility index (Phi) is 5.53. The second kappa shape index (κ2) is 7.87. The molecule has 6 nitrogen and oxygen atoms in total. The van der Waals surface area contributed by atoms with Crippen LogP contribution in [0.4, 0.5) is 24.8 Å². The van der Waals surface area contributed by atoms with E-state index >= 15 is 0 Å². The van der Waals surface area contributed by atoms with E-state index in [1.165, 1.54) is 30.3 Å². The van der Waals surface area contributed by atoms with Gasteiger partial charge in [0.2, 0.25) is 5.95 Å². The monoisotopic (exact) mass is 392 g/mol. The first kappa shape index (κ1) is 19.7. The molecule has 2 heterocycles. The molecule has 1 aromatic carbocycles. The van der Waals surface area contributed by atoms with Gasteiger partial charge in [-0.25, -0.2) is 4.98 Å².